The third kappa shape index (κ3) is 4.86. The van der Waals surface area contributed by atoms with Crippen LogP contribution in [0.2, 0.25) is 0 Å². The fourth-order valence-corrected chi connectivity index (χ4v) is 4.96. The highest BCUT2D eigenvalue weighted by atomic mass is 32.2. The van der Waals surface area contributed by atoms with Gasteiger partial charge in [0, 0.05) is 24.4 Å². The molecule has 0 unspecified atom stereocenters. The molecule has 2 aromatic rings. The van der Waals surface area contributed by atoms with Gasteiger partial charge in [-0.1, -0.05) is 6.92 Å². The lowest BCUT2D eigenvalue weighted by molar-refractivity contribution is -0.385. The van der Waals surface area contributed by atoms with Crippen LogP contribution in [0.1, 0.15) is 24.5 Å². The Morgan fingerprint density at radius 2 is 1.61 bits per heavy atom. The first-order valence-electron chi connectivity index (χ1n) is 8.36. The number of benzene rings is 2. The quantitative estimate of drug-likeness (QED) is 0.491. The summed E-state index contributed by atoms with van der Waals surface area (Å²) in [6.45, 7) is 5.27. The van der Waals surface area contributed by atoms with E-state index in [1.165, 1.54) is 30.3 Å². The summed E-state index contributed by atoms with van der Waals surface area (Å²) in [4.78, 5) is 10.2. The molecule has 0 heterocycles. The van der Waals surface area contributed by atoms with Crippen molar-refractivity contribution in [1.29, 1.82) is 0 Å². The number of hydrogen-bond donors (Lipinski definition) is 2. The van der Waals surface area contributed by atoms with Gasteiger partial charge >= 0.3 is 0 Å². The third-order valence-electron chi connectivity index (χ3n) is 4.06. The summed E-state index contributed by atoms with van der Waals surface area (Å²) in [5, 5.41) is 11.0. The number of rotatable bonds is 8. The van der Waals surface area contributed by atoms with Gasteiger partial charge in [0.25, 0.3) is 15.7 Å². The summed E-state index contributed by atoms with van der Waals surface area (Å²) in [6.07, 6.45) is 0.638. The van der Waals surface area contributed by atoms with E-state index in [2.05, 4.69) is 9.44 Å². The van der Waals surface area contributed by atoms with Crippen LogP contribution in [0.3, 0.4) is 0 Å². The molecule has 2 rings (SSSR count). The molecule has 2 aromatic carbocycles. The summed E-state index contributed by atoms with van der Waals surface area (Å²) in [7, 11) is -7.77. The maximum absolute atomic E-state index is 12.7. The van der Waals surface area contributed by atoms with Gasteiger partial charge in [0.2, 0.25) is 10.0 Å². The highest BCUT2D eigenvalue weighted by Crippen LogP contribution is 2.27. The van der Waals surface area contributed by atoms with Crippen LogP contribution >= 0.6 is 0 Å². The highest BCUT2D eigenvalue weighted by molar-refractivity contribution is 7.92. The average molecular weight is 428 g/mol. The SMILES string of the molecule is CCCNS(=O)(=O)c1ccc(NS(=O)(=O)c2cc([N+](=O)[O-])cc(C)c2C)cc1. The molecule has 0 saturated heterocycles. The maximum atomic E-state index is 12.7. The van der Waals surface area contributed by atoms with Crippen LogP contribution in [-0.4, -0.2) is 28.3 Å². The topological polar surface area (TPSA) is 135 Å². The van der Waals surface area contributed by atoms with Gasteiger partial charge in [0.15, 0.2) is 0 Å². The van der Waals surface area contributed by atoms with Gasteiger partial charge in [-0.15, -0.1) is 0 Å². The Balaban J connectivity index is 2.34. The minimum Gasteiger partial charge on any atom is -0.280 e. The zero-order chi connectivity index (χ0) is 21.1. The van der Waals surface area contributed by atoms with Crippen molar-refractivity contribution in [3.05, 3.63) is 57.6 Å². The molecule has 0 radical (unpaired) electrons. The Bertz CT molecular complexity index is 1090. The van der Waals surface area contributed by atoms with E-state index < -0.39 is 25.0 Å². The lowest BCUT2D eigenvalue weighted by Gasteiger charge is -2.12. The number of non-ortho nitro benzene ring substituents is 1. The molecule has 152 valence electrons. The van der Waals surface area contributed by atoms with Crippen molar-refractivity contribution in [3.8, 4) is 0 Å². The van der Waals surface area contributed by atoms with E-state index >= 15 is 0 Å². The predicted octanol–water partition coefficient (Wildman–Crippen LogP) is 2.70. The summed E-state index contributed by atoms with van der Waals surface area (Å²) < 4.78 is 54.3. The molecule has 0 amide bonds. The minimum atomic E-state index is -4.10. The number of nitrogens with one attached hydrogen (secondary N) is 2. The molecular formula is C17H21N3O6S2. The van der Waals surface area contributed by atoms with E-state index in [4.69, 9.17) is 0 Å². The van der Waals surface area contributed by atoms with Crippen LogP contribution < -0.4 is 9.44 Å². The van der Waals surface area contributed by atoms with Gasteiger partial charge in [-0.25, -0.2) is 21.6 Å². The molecule has 0 aromatic heterocycles. The monoisotopic (exact) mass is 427 g/mol. The van der Waals surface area contributed by atoms with Gasteiger partial charge < -0.3 is 0 Å². The Hall–Kier alpha value is -2.50. The third-order valence-corrected chi connectivity index (χ3v) is 7.05. The average Bonchev–Trinajstić information content (AvgIpc) is 2.62. The van der Waals surface area contributed by atoms with Crippen LogP contribution in [-0.2, 0) is 20.0 Å². The second-order valence-corrected chi connectivity index (χ2v) is 9.59. The zero-order valence-electron chi connectivity index (χ0n) is 15.6. The van der Waals surface area contributed by atoms with Crippen molar-refractivity contribution in [2.24, 2.45) is 0 Å². The molecule has 0 atom stereocenters. The predicted molar refractivity (Wildman–Crippen MR) is 105 cm³/mol. The standard InChI is InChI=1S/C17H21N3O6S2/c1-4-9-18-27(23,24)16-7-5-14(6-8-16)19-28(25,26)17-11-15(20(21)22)10-12(2)13(17)3/h5-8,10-11,18-19H,4,9H2,1-3H3. The van der Waals surface area contributed by atoms with Crippen LogP contribution in [0, 0.1) is 24.0 Å². The maximum Gasteiger partial charge on any atom is 0.271 e. The number of aryl methyl sites for hydroxylation is 1. The molecule has 0 spiro atoms. The number of hydrogen-bond acceptors (Lipinski definition) is 6. The smallest absolute Gasteiger partial charge is 0.271 e. The Labute approximate surface area is 164 Å². The van der Waals surface area contributed by atoms with Gasteiger partial charge in [0.05, 0.1) is 14.7 Å². The van der Waals surface area contributed by atoms with E-state index in [-0.39, 0.29) is 21.2 Å². The molecule has 0 aliphatic rings. The first-order valence-corrected chi connectivity index (χ1v) is 11.3. The molecule has 2 N–H and O–H groups in total. The largest absolute Gasteiger partial charge is 0.280 e. The Kier molecular flexibility index (Phi) is 6.42. The van der Waals surface area contributed by atoms with E-state index in [1.807, 2.05) is 6.92 Å². The molecule has 28 heavy (non-hydrogen) atoms. The zero-order valence-corrected chi connectivity index (χ0v) is 17.2. The van der Waals surface area contributed by atoms with Crippen LogP contribution in [0.5, 0.6) is 0 Å². The van der Waals surface area contributed by atoms with E-state index in [0.717, 1.165) is 6.07 Å². The van der Waals surface area contributed by atoms with Crippen LogP contribution in [0.4, 0.5) is 11.4 Å². The highest BCUT2D eigenvalue weighted by Gasteiger charge is 2.23. The van der Waals surface area contributed by atoms with Gasteiger partial charge in [-0.2, -0.15) is 0 Å². The summed E-state index contributed by atoms with van der Waals surface area (Å²) in [5.74, 6) is 0. The summed E-state index contributed by atoms with van der Waals surface area (Å²) in [6, 6.07) is 7.49. The van der Waals surface area contributed by atoms with E-state index in [0.29, 0.717) is 24.1 Å². The van der Waals surface area contributed by atoms with Crippen molar-refractivity contribution in [2.45, 2.75) is 37.0 Å². The molecule has 0 fully saturated rings. The number of sulfonamides is 2. The van der Waals surface area contributed by atoms with Crippen LogP contribution in [0.15, 0.2) is 46.2 Å². The van der Waals surface area contributed by atoms with Crippen molar-refractivity contribution in [3.63, 3.8) is 0 Å². The molecular weight excluding hydrogens is 406 g/mol. The molecule has 0 bridgehead atoms. The van der Waals surface area contributed by atoms with Gasteiger partial charge in [-0.05, 0) is 55.7 Å². The van der Waals surface area contributed by atoms with Gasteiger partial charge in [-0.3, -0.25) is 14.8 Å². The molecule has 0 aliphatic heterocycles. The summed E-state index contributed by atoms with van der Waals surface area (Å²) in [5.41, 5.74) is 0.670. The van der Waals surface area contributed by atoms with Gasteiger partial charge in [0.1, 0.15) is 0 Å². The van der Waals surface area contributed by atoms with E-state index in [9.17, 15) is 26.9 Å². The number of nitrogens with zero attached hydrogens (tertiary/aromatic N) is 1. The first-order chi connectivity index (χ1) is 13.0. The normalized spacial score (nSPS) is 12.0. The molecule has 0 aliphatic carbocycles. The Morgan fingerprint density at radius 3 is 2.14 bits per heavy atom. The molecule has 9 nitrogen and oxygen atoms in total. The fourth-order valence-electron chi connectivity index (χ4n) is 2.43. The lowest BCUT2D eigenvalue weighted by atomic mass is 10.1. The fraction of sp³-hybridized carbons (Fsp3) is 0.294. The first kappa shape index (κ1) is 21.8. The van der Waals surface area contributed by atoms with E-state index in [1.54, 1.807) is 13.8 Å². The number of nitro benzene ring substituents is 1. The second-order valence-electron chi connectivity index (χ2n) is 6.17. The number of anilines is 1. The van der Waals surface area contributed by atoms with Crippen LogP contribution in [0.25, 0.3) is 0 Å². The lowest BCUT2D eigenvalue weighted by Crippen LogP contribution is -2.24. The molecule has 11 heteroatoms. The van der Waals surface area contributed by atoms with Crippen molar-refractivity contribution in [2.75, 3.05) is 11.3 Å². The molecule has 0 saturated carbocycles. The van der Waals surface area contributed by atoms with Crippen molar-refractivity contribution < 1.29 is 21.8 Å². The Morgan fingerprint density at radius 1 is 1.00 bits per heavy atom. The second kappa shape index (κ2) is 8.25. The van der Waals surface area contributed by atoms with Crippen molar-refractivity contribution in [1.82, 2.24) is 4.72 Å². The minimum absolute atomic E-state index is 0.00581. The number of nitro groups is 1. The van der Waals surface area contributed by atoms with Crippen molar-refractivity contribution >= 4 is 31.4 Å². The summed E-state index contributed by atoms with van der Waals surface area (Å²) >= 11 is 0.